The average molecular weight is 263 g/mol. The Bertz CT molecular complexity index is 566. The van der Waals surface area contributed by atoms with Crippen LogP contribution in [0.25, 0.3) is 0 Å². The summed E-state index contributed by atoms with van der Waals surface area (Å²) in [7, 11) is 0. The van der Waals surface area contributed by atoms with Gasteiger partial charge in [0.05, 0.1) is 6.04 Å². The monoisotopic (exact) mass is 263 g/mol. The summed E-state index contributed by atoms with van der Waals surface area (Å²) >= 11 is 1.75. The molecule has 18 heavy (non-hydrogen) atoms. The molecule has 0 aliphatic carbocycles. The standard InChI is InChI=1S/C14H11F2NS/c15-9-5-10(16)7-11(6-9)17-13-8-18-14-4-2-1-3-12(13)14/h1-7,13,17H,8H2. The largest absolute Gasteiger partial charge is 0.377 e. The second-order valence-electron chi connectivity index (χ2n) is 4.20. The molecule has 0 spiro atoms. The fraction of sp³-hybridized carbons (Fsp3) is 0.143. The average Bonchev–Trinajstić information content (AvgIpc) is 2.72. The Hall–Kier alpha value is -1.55. The van der Waals surface area contributed by atoms with Crippen molar-refractivity contribution in [2.75, 3.05) is 11.1 Å². The van der Waals surface area contributed by atoms with Crippen LogP contribution in [0.3, 0.4) is 0 Å². The van der Waals surface area contributed by atoms with Crippen LogP contribution in [0.5, 0.6) is 0 Å². The third kappa shape index (κ3) is 2.20. The molecule has 1 N–H and O–H groups in total. The first-order chi connectivity index (χ1) is 8.72. The first-order valence-electron chi connectivity index (χ1n) is 5.67. The van der Waals surface area contributed by atoms with Crippen LogP contribution in [0.2, 0.25) is 0 Å². The summed E-state index contributed by atoms with van der Waals surface area (Å²) in [5, 5.41) is 3.18. The number of nitrogens with one attached hydrogen (secondary N) is 1. The minimum atomic E-state index is -0.559. The number of rotatable bonds is 2. The molecule has 1 aliphatic heterocycles. The third-order valence-corrected chi connectivity index (χ3v) is 4.09. The fourth-order valence-corrected chi connectivity index (χ4v) is 3.28. The van der Waals surface area contributed by atoms with Gasteiger partial charge in [-0.3, -0.25) is 0 Å². The predicted molar refractivity (Wildman–Crippen MR) is 69.9 cm³/mol. The van der Waals surface area contributed by atoms with Gasteiger partial charge in [-0.25, -0.2) is 8.78 Å². The maximum atomic E-state index is 13.1. The lowest BCUT2D eigenvalue weighted by Crippen LogP contribution is -2.10. The summed E-state index contributed by atoms with van der Waals surface area (Å²) in [5.41, 5.74) is 1.67. The number of hydrogen-bond acceptors (Lipinski definition) is 2. The number of benzene rings is 2. The number of halogens is 2. The zero-order valence-electron chi connectivity index (χ0n) is 9.49. The summed E-state index contributed by atoms with van der Waals surface area (Å²) in [6.07, 6.45) is 0. The van der Waals surface area contributed by atoms with Crippen LogP contribution in [-0.4, -0.2) is 5.75 Å². The van der Waals surface area contributed by atoms with E-state index in [9.17, 15) is 8.78 Å². The Morgan fingerprint density at radius 1 is 1.06 bits per heavy atom. The van der Waals surface area contributed by atoms with Crippen molar-refractivity contribution in [2.24, 2.45) is 0 Å². The topological polar surface area (TPSA) is 12.0 Å². The molecule has 0 saturated heterocycles. The zero-order chi connectivity index (χ0) is 12.5. The summed E-state index contributed by atoms with van der Waals surface area (Å²) in [6, 6.07) is 11.7. The van der Waals surface area contributed by atoms with Gasteiger partial charge in [0.2, 0.25) is 0 Å². The molecule has 0 aromatic heterocycles. The Morgan fingerprint density at radius 2 is 1.78 bits per heavy atom. The van der Waals surface area contributed by atoms with Crippen molar-refractivity contribution < 1.29 is 8.78 Å². The molecule has 1 nitrogen and oxygen atoms in total. The van der Waals surface area contributed by atoms with Crippen LogP contribution < -0.4 is 5.32 Å². The summed E-state index contributed by atoms with van der Waals surface area (Å²) in [6.45, 7) is 0. The number of fused-ring (bicyclic) bond motifs is 1. The van der Waals surface area contributed by atoms with Crippen LogP contribution in [0.15, 0.2) is 47.4 Å². The Kier molecular flexibility index (Phi) is 2.96. The van der Waals surface area contributed by atoms with Gasteiger partial charge in [-0.1, -0.05) is 18.2 Å². The highest BCUT2D eigenvalue weighted by Crippen LogP contribution is 2.39. The highest BCUT2D eigenvalue weighted by Gasteiger charge is 2.22. The van der Waals surface area contributed by atoms with Crippen LogP contribution >= 0.6 is 11.8 Å². The second-order valence-corrected chi connectivity index (χ2v) is 5.27. The van der Waals surface area contributed by atoms with E-state index in [-0.39, 0.29) is 6.04 Å². The minimum Gasteiger partial charge on any atom is -0.377 e. The maximum Gasteiger partial charge on any atom is 0.128 e. The molecule has 2 aromatic carbocycles. The molecular formula is C14H11F2NS. The molecule has 1 unspecified atom stereocenters. The van der Waals surface area contributed by atoms with E-state index in [1.807, 2.05) is 18.2 Å². The van der Waals surface area contributed by atoms with Gasteiger partial charge in [-0.15, -0.1) is 11.8 Å². The van der Waals surface area contributed by atoms with E-state index in [4.69, 9.17) is 0 Å². The predicted octanol–water partition coefficient (Wildman–Crippen LogP) is 4.22. The highest BCUT2D eigenvalue weighted by molar-refractivity contribution is 7.99. The van der Waals surface area contributed by atoms with Crippen molar-refractivity contribution >= 4 is 17.4 Å². The lowest BCUT2D eigenvalue weighted by Gasteiger charge is -2.14. The van der Waals surface area contributed by atoms with Crippen LogP contribution in [0.4, 0.5) is 14.5 Å². The first-order valence-corrected chi connectivity index (χ1v) is 6.65. The van der Waals surface area contributed by atoms with Gasteiger partial charge in [0.1, 0.15) is 11.6 Å². The summed E-state index contributed by atoms with van der Waals surface area (Å²) in [4.78, 5) is 1.23. The smallest absolute Gasteiger partial charge is 0.128 e. The molecule has 1 atom stereocenters. The molecule has 0 fully saturated rings. The lowest BCUT2D eigenvalue weighted by atomic mass is 10.1. The molecule has 3 rings (SSSR count). The van der Waals surface area contributed by atoms with Crippen molar-refractivity contribution in [1.82, 2.24) is 0 Å². The number of anilines is 1. The SMILES string of the molecule is Fc1cc(F)cc(NC2CSc3ccccc32)c1. The fourth-order valence-electron chi connectivity index (χ4n) is 2.12. The van der Waals surface area contributed by atoms with Crippen molar-refractivity contribution in [1.29, 1.82) is 0 Å². The quantitative estimate of drug-likeness (QED) is 0.870. The highest BCUT2D eigenvalue weighted by atomic mass is 32.2. The molecule has 4 heteroatoms. The Morgan fingerprint density at radius 3 is 2.56 bits per heavy atom. The molecular weight excluding hydrogens is 252 g/mol. The van der Waals surface area contributed by atoms with Gasteiger partial charge >= 0.3 is 0 Å². The second kappa shape index (κ2) is 4.61. The first kappa shape index (κ1) is 11.5. The molecule has 2 aromatic rings. The normalized spacial score (nSPS) is 17.6. The van der Waals surface area contributed by atoms with Crippen molar-refractivity contribution in [2.45, 2.75) is 10.9 Å². The van der Waals surface area contributed by atoms with E-state index in [2.05, 4.69) is 11.4 Å². The summed E-state index contributed by atoms with van der Waals surface area (Å²) in [5.74, 6) is -0.245. The third-order valence-electron chi connectivity index (χ3n) is 2.90. The maximum absolute atomic E-state index is 13.1. The molecule has 0 bridgehead atoms. The van der Waals surface area contributed by atoms with E-state index in [1.54, 1.807) is 11.8 Å². The van der Waals surface area contributed by atoms with Crippen molar-refractivity contribution in [3.8, 4) is 0 Å². The molecule has 1 aliphatic rings. The molecule has 0 radical (unpaired) electrons. The van der Waals surface area contributed by atoms with Gasteiger partial charge in [0.25, 0.3) is 0 Å². The van der Waals surface area contributed by atoms with Crippen LogP contribution in [0, 0.1) is 11.6 Å². The lowest BCUT2D eigenvalue weighted by molar-refractivity contribution is 0.583. The van der Waals surface area contributed by atoms with E-state index >= 15 is 0 Å². The Balaban J connectivity index is 1.86. The molecule has 1 heterocycles. The summed E-state index contributed by atoms with van der Waals surface area (Å²) < 4.78 is 26.2. The van der Waals surface area contributed by atoms with Crippen molar-refractivity contribution in [3.05, 3.63) is 59.7 Å². The zero-order valence-corrected chi connectivity index (χ0v) is 10.3. The van der Waals surface area contributed by atoms with Crippen LogP contribution in [0.1, 0.15) is 11.6 Å². The number of thioether (sulfide) groups is 1. The minimum absolute atomic E-state index is 0.104. The van der Waals surface area contributed by atoms with Crippen molar-refractivity contribution in [3.63, 3.8) is 0 Å². The Labute approximate surface area is 108 Å². The van der Waals surface area contributed by atoms with E-state index in [0.29, 0.717) is 5.69 Å². The van der Waals surface area contributed by atoms with Gasteiger partial charge < -0.3 is 5.32 Å². The van der Waals surface area contributed by atoms with Gasteiger partial charge in [0.15, 0.2) is 0 Å². The molecule has 92 valence electrons. The van der Waals surface area contributed by atoms with Crippen LogP contribution in [-0.2, 0) is 0 Å². The van der Waals surface area contributed by atoms with E-state index in [1.165, 1.54) is 22.6 Å². The van der Waals surface area contributed by atoms with E-state index < -0.39 is 11.6 Å². The molecule has 0 amide bonds. The van der Waals surface area contributed by atoms with Gasteiger partial charge in [-0.05, 0) is 23.8 Å². The number of hydrogen-bond donors (Lipinski definition) is 1. The van der Waals surface area contributed by atoms with E-state index in [0.717, 1.165) is 11.8 Å². The van der Waals surface area contributed by atoms with Gasteiger partial charge in [0, 0.05) is 22.4 Å². The van der Waals surface area contributed by atoms with Gasteiger partial charge in [-0.2, -0.15) is 0 Å². The molecule has 0 saturated carbocycles.